The predicted molar refractivity (Wildman–Crippen MR) is 94.5 cm³/mol. The molecule has 0 saturated carbocycles. The number of ketones is 1. The predicted octanol–water partition coefficient (Wildman–Crippen LogP) is 1.85. The maximum absolute atomic E-state index is 13.2. The molecule has 1 aliphatic carbocycles. The zero-order valence-corrected chi connectivity index (χ0v) is 16.0. The van der Waals surface area contributed by atoms with Gasteiger partial charge in [0.05, 0.1) is 23.4 Å². The molecule has 0 aromatic heterocycles. The molecule has 2 N–H and O–H groups in total. The van der Waals surface area contributed by atoms with Crippen LogP contribution in [-0.4, -0.2) is 47.9 Å². The van der Waals surface area contributed by atoms with Gasteiger partial charge in [0.25, 0.3) is 5.60 Å². The molecule has 2 aliphatic rings. The molecule has 0 amide bonds. The lowest BCUT2D eigenvalue weighted by Gasteiger charge is -2.43. The molecule has 0 unspecified atom stereocenters. The van der Waals surface area contributed by atoms with Crippen molar-refractivity contribution in [3.05, 3.63) is 32.1 Å². The Morgan fingerprint density at radius 3 is 2.72 bits per heavy atom. The van der Waals surface area contributed by atoms with Crippen molar-refractivity contribution in [2.75, 3.05) is 14.2 Å². The normalized spacial score (nSPS) is 25.0. The van der Waals surface area contributed by atoms with E-state index in [1.807, 2.05) is 22.6 Å². The number of rotatable bonds is 2. The van der Waals surface area contributed by atoms with E-state index in [9.17, 15) is 19.8 Å². The monoisotopic (exact) mass is 460 g/mol. The highest BCUT2D eigenvalue weighted by Gasteiger charge is 2.61. The maximum atomic E-state index is 13.2. The summed E-state index contributed by atoms with van der Waals surface area (Å²) in [7, 11) is 2.53. The number of ether oxygens (including phenoxy) is 3. The summed E-state index contributed by atoms with van der Waals surface area (Å²) in [5, 5.41) is 21.0. The van der Waals surface area contributed by atoms with Gasteiger partial charge in [0.15, 0.2) is 0 Å². The summed E-state index contributed by atoms with van der Waals surface area (Å²) >= 11 is 1.93. The number of aliphatic hydroxyl groups is 1. The summed E-state index contributed by atoms with van der Waals surface area (Å²) in [6, 6.07) is 1.56. The van der Waals surface area contributed by atoms with Crippen LogP contribution in [0.15, 0.2) is 17.4 Å². The molecular weight excluding hydrogens is 443 g/mol. The largest absolute Gasteiger partial charge is 0.506 e. The number of methoxy groups -OCH3 is 2. The number of carbonyl (C=O) groups excluding carboxylic acids is 2. The third-order valence-electron chi connectivity index (χ3n) is 4.61. The highest BCUT2D eigenvalue weighted by molar-refractivity contribution is 14.1. The number of allylic oxidation sites excluding steroid dienone is 1. The standard InChI is InChI=1S/C17H17IO7/c1-7-6-9-11(15(21)13(7)18)14(20)12-8(23-2)4-5-10(19)17(12,25-9)16(22)24-3/h6,10,19,21H,4-5H2,1-3H3/t10-,17+/m0/s1. The van der Waals surface area contributed by atoms with E-state index in [0.717, 1.165) is 7.11 Å². The molecule has 0 saturated heterocycles. The molecule has 7 nitrogen and oxygen atoms in total. The molecule has 1 aromatic rings. The van der Waals surface area contributed by atoms with Crippen molar-refractivity contribution in [3.63, 3.8) is 0 Å². The van der Waals surface area contributed by atoms with Crippen LogP contribution in [0.2, 0.25) is 0 Å². The number of carbonyl (C=O) groups is 2. The van der Waals surface area contributed by atoms with Crippen LogP contribution in [0.3, 0.4) is 0 Å². The number of phenolic OH excluding ortho intramolecular Hbond substituents is 1. The molecule has 0 spiro atoms. The molecule has 1 aliphatic heterocycles. The van der Waals surface area contributed by atoms with Gasteiger partial charge in [-0.1, -0.05) is 0 Å². The van der Waals surface area contributed by atoms with Gasteiger partial charge < -0.3 is 24.4 Å². The average Bonchev–Trinajstić information content (AvgIpc) is 2.59. The summed E-state index contributed by atoms with van der Waals surface area (Å²) < 4.78 is 16.5. The van der Waals surface area contributed by atoms with Crippen molar-refractivity contribution in [1.82, 2.24) is 0 Å². The van der Waals surface area contributed by atoms with Gasteiger partial charge in [0.1, 0.15) is 28.9 Å². The van der Waals surface area contributed by atoms with Crippen LogP contribution in [-0.2, 0) is 14.3 Å². The number of phenols is 1. The average molecular weight is 460 g/mol. The number of Topliss-reactive ketones (excluding diaryl/α,β-unsaturated/α-hetero) is 1. The Labute approximate surface area is 157 Å². The zero-order chi connectivity index (χ0) is 18.5. The molecule has 1 aromatic carbocycles. The van der Waals surface area contributed by atoms with Gasteiger partial charge in [-0.05, 0) is 47.6 Å². The highest BCUT2D eigenvalue weighted by atomic mass is 127. The first-order valence-corrected chi connectivity index (χ1v) is 8.67. The molecule has 134 valence electrons. The van der Waals surface area contributed by atoms with Gasteiger partial charge in [-0.15, -0.1) is 0 Å². The second-order valence-electron chi connectivity index (χ2n) is 5.94. The lowest BCUT2D eigenvalue weighted by atomic mass is 9.74. The molecule has 1 heterocycles. The fraction of sp³-hybridized carbons (Fsp3) is 0.412. The van der Waals surface area contributed by atoms with Crippen LogP contribution in [0.5, 0.6) is 11.5 Å². The second kappa shape index (κ2) is 6.17. The van der Waals surface area contributed by atoms with Gasteiger partial charge >= 0.3 is 5.97 Å². The minimum Gasteiger partial charge on any atom is -0.506 e. The molecule has 3 rings (SSSR count). The third-order valence-corrected chi connectivity index (χ3v) is 5.97. The number of hydrogen-bond donors (Lipinski definition) is 2. The first-order valence-electron chi connectivity index (χ1n) is 7.59. The van der Waals surface area contributed by atoms with Crippen LogP contribution in [0.4, 0.5) is 0 Å². The van der Waals surface area contributed by atoms with E-state index in [4.69, 9.17) is 14.2 Å². The molecule has 0 bridgehead atoms. The van der Waals surface area contributed by atoms with Gasteiger partial charge in [-0.2, -0.15) is 0 Å². The number of benzene rings is 1. The van der Waals surface area contributed by atoms with Crippen molar-refractivity contribution < 1.29 is 34.0 Å². The van der Waals surface area contributed by atoms with Gasteiger partial charge in [-0.25, -0.2) is 4.79 Å². The lowest BCUT2D eigenvalue weighted by Crippen LogP contribution is -2.61. The van der Waals surface area contributed by atoms with Gasteiger partial charge in [0, 0.05) is 6.42 Å². The van der Waals surface area contributed by atoms with Crippen molar-refractivity contribution in [3.8, 4) is 11.5 Å². The summed E-state index contributed by atoms with van der Waals surface area (Å²) in [6.07, 6.45) is -0.854. The molecule has 25 heavy (non-hydrogen) atoms. The van der Waals surface area contributed by atoms with Crippen LogP contribution in [0.1, 0.15) is 28.8 Å². The Morgan fingerprint density at radius 2 is 2.12 bits per heavy atom. The number of halogens is 1. The van der Waals surface area contributed by atoms with Gasteiger partial charge in [-0.3, -0.25) is 4.79 Å². The highest BCUT2D eigenvalue weighted by Crippen LogP contribution is 2.49. The van der Waals surface area contributed by atoms with Crippen molar-refractivity contribution >= 4 is 34.3 Å². The number of aliphatic hydroxyl groups excluding tert-OH is 1. The molecule has 0 radical (unpaired) electrons. The fourth-order valence-corrected chi connectivity index (χ4v) is 3.79. The van der Waals surface area contributed by atoms with Crippen LogP contribution >= 0.6 is 22.6 Å². The van der Waals surface area contributed by atoms with E-state index in [0.29, 0.717) is 9.13 Å². The molecule has 0 fully saturated rings. The zero-order valence-electron chi connectivity index (χ0n) is 13.9. The number of fused-ring (bicyclic) bond motifs is 2. The van der Waals surface area contributed by atoms with Gasteiger partial charge in [0.2, 0.25) is 5.78 Å². The van der Waals surface area contributed by atoms with E-state index in [2.05, 4.69) is 0 Å². The quantitative estimate of drug-likeness (QED) is 0.513. The van der Waals surface area contributed by atoms with Crippen LogP contribution < -0.4 is 4.74 Å². The topological polar surface area (TPSA) is 102 Å². The number of hydrogen-bond acceptors (Lipinski definition) is 7. The summed E-state index contributed by atoms with van der Waals surface area (Å²) in [4.78, 5) is 25.7. The van der Waals surface area contributed by atoms with E-state index in [1.165, 1.54) is 7.11 Å². The minimum absolute atomic E-state index is 0.0333. The maximum Gasteiger partial charge on any atom is 0.358 e. The van der Waals surface area contributed by atoms with E-state index >= 15 is 0 Å². The van der Waals surface area contributed by atoms with Crippen LogP contribution in [0, 0.1) is 10.5 Å². The first kappa shape index (κ1) is 18.0. The Balaban J connectivity index is 2.38. The van der Waals surface area contributed by atoms with Crippen molar-refractivity contribution in [2.45, 2.75) is 31.5 Å². The second-order valence-corrected chi connectivity index (χ2v) is 7.02. The Bertz CT molecular complexity index is 814. The Hall–Kier alpha value is -1.81. The smallest absolute Gasteiger partial charge is 0.358 e. The fourth-order valence-electron chi connectivity index (χ4n) is 3.36. The number of esters is 1. The SMILES string of the molecule is COC(=O)[C@]12Oc3cc(C)c(I)c(O)c3C(=O)C1=C(OC)CC[C@@H]2O. The van der Waals surface area contributed by atoms with E-state index in [1.54, 1.807) is 13.0 Å². The molecule has 8 heteroatoms. The number of aryl methyl sites for hydroxylation is 1. The summed E-state index contributed by atoms with van der Waals surface area (Å²) in [5.74, 6) is -1.45. The molecule has 2 atom stereocenters. The van der Waals surface area contributed by atoms with Crippen LogP contribution in [0.25, 0.3) is 0 Å². The van der Waals surface area contributed by atoms with Crippen molar-refractivity contribution in [1.29, 1.82) is 0 Å². The Morgan fingerprint density at radius 1 is 1.44 bits per heavy atom. The Kier molecular flexibility index (Phi) is 4.44. The molecular formula is C17H17IO7. The first-order chi connectivity index (χ1) is 11.8. The minimum atomic E-state index is -2.01. The summed E-state index contributed by atoms with van der Waals surface area (Å²) in [6.45, 7) is 1.74. The third kappa shape index (κ3) is 2.34. The van der Waals surface area contributed by atoms with E-state index < -0.39 is 23.5 Å². The van der Waals surface area contributed by atoms with E-state index in [-0.39, 0.29) is 41.2 Å². The summed E-state index contributed by atoms with van der Waals surface area (Å²) in [5.41, 5.74) is -1.50. The lowest BCUT2D eigenvalue weighted by molar-refractivity contribution is -0.167. The van der Waals surface area contributed by atoms with Crippen molar-refractivity contribution in [2.24, 2.45) is 0 Å². The number of aromatic hydroxyl groups is 1.